The number of amides is 1. The first kappa shape index (κ1) is 17.2. The minimum absolute atomic E-state index is 0.113. The molecule has 1 amide bonds. The maximum Gasteiger partial charge on any atom is 0.255 e. The predicted octanol–water partition coefficient (Wildman–Crippen LogP) is 4.48. The Morgan fingerprint density at radius 2 is 2.00 bits per heavy atom. The van der Waals surface area contributed by atoms with Crippen LogP contribution in [-0.4, -0.2) is 17.4 Å². The molecular formula is C20H21N3OS. The van der Waals surface area contributed by atoms with Gasteiger partial charge < -0.3 is 10.6 Å². The second-order valence-electron chi connectivity index (χ2n) is 5.86. The van der Waals surface area contributed by atoms with Crippen LogP contribution < -0.4 is 10.6 Å². The summed E-state index contributed by atoms with van der Waals surface area (Å²) in [4.78, 5) is 18.2. The SMILES string of the molecule is Cc1cccc(Nc2ncccc2C(=O)NCCc2cccs2)c1C. The van der Waals surface area contributed by atoms with Gasteiger partial charge in [0.1, 0.15) is 5.82 Å². The first-order valence-corrected chi connectivity index (χ1v) is 9.12. The average Bonchev–Trinajstić information content (AvgIpc) is 3.13. The van der Waals surface area contributed by atoms with Crippen molar-refractivity contribution in [1.82, 2.24) is 10.3 Å². The molecule has 128 valence electrons. The summed E-state index contributed by atoms with van der Waals surface area (Å²) in [6, 6.07) is 13.7. The Balaban J connectivity index is 1.71. The van der Waals surface area contributed by atoms with Gasteiger partial charge in [0.2, 0.25) is 0 Å². The summed E-state index contributed by atoms with van der Waals surface area (Å²) in [5.41, 5.74) is 3.86. The van der Waals surface area contributed by atoms with Crippen molar-refractivity contribution in [2.45, 2.75) is 20.3 Å². The molecule has 0 fully saturated rings. The molecule has 3 rings (SSSR count). The highest BCUT2D eigenvalue weighted by molar-refractivity contribution is 7.09. The van der Waals surface area contributed by atoms with Crippen LogP contribution in [0.4, 0.5) is 11.5 Å². The van der Waals surface area contributed by atoms with E-state index in [2.05, 4.69) is 41.6 Å². The third kappa shape index (κ3) is 4.25. The third-order valence-corrected chi connectivity index (χ3v) is 5.08. The fourth-order valence-electron chi connectivity index (χ4n) is 2.55. The van der Waals surface area contributed by atoms with Gasteiger partial charge in [-0.1, -0.05) is 18.2 Å². The van der Waals surface area contributed by atoms with Crippen molar-refractivity contribution < 1.29 is 4.79 Å². The molecule has 2 heterocycles. The number of carbonyl (C=O) groups excluding carboxylic acids is 1. The number of hydrogen-bond donors (Lipinski definition) is 2. The van der Waals surface area contributed by atoms with Crippen molar-refractivity contribution in [2.24, 2.45) is 0 Å². The standard InChI is InChI=1S/C20H21N3OS/c1-14-6-3-9-18(15(14)2)23-19-17(8-4-11-21-19)20(24)22-12-10-16-7-5-13-25-16/h3-9,11,13H,10,12H2,1-2H3,(H,21,23)(H,22,24). The molecule has 0 bridgehead atoms. The monoisotopic (exact) mass is 351 g/mol. The molecule has 0 atom stereocenters. The first-order chi connectivity index (χ1) is 12.1. The van der Waals surface area contributed by atoms with Crippen LogP contribution in [0.25, 0.3) is 0 Å². The number of aryl methyl sites for hydroxylation is 1. The number of pyridine rings is 1. The lowest BCUT2D eigenvalue weighted by molar-refractivity contribution is 0.0955. The van der Waals surface area contributed by atoms with Gasteiger partial charge >= 0.3 is 0 Å². The maximum absolute atomic E-state index is 12.5. The van der Waals surface area contributed by atoms with Crippen LogP contribution in [0.2, 0.25) is 0 Å². The average molecular weight is 351 g/mol. The number of carbonyl (C=O) groups is 1. The summed E-state index contributed by atoms with van der Waals surface area (Å²) in [5.74, 6) is 0.460. The van der Waals surface area contributed by atoms with Gasteiger partial charge in [-0.2, -0.15) is 0 Å². The van der Waals surface area contributed by atoms with Gasteiger partial charge in [-0.05, 0) is 61.0 Å². The molecule has 0 unspecified atom stereocenters. The van der Waals surface area contributed by atoms with Gasteiger partial charge in [0.15, 0.2) is 0 Å². The molecule has 2 N–H and O–H groups in total. The zero-order valence-corrected chi connectivity index (χ0v) is 15.2. The van der Waals surface area contributed by atoms with Crippen molar-refractivity contribution in [2.75, 3.05) is 11.9 Å². The van der Waals surface area contributed by atoms with E-state index in [4.69, 9.17) is 0 Å². The van der Waals surface area contributed by atoms with Crippen LogP contribution in [-0.2, 0) is 6.42 Å². The highest BCUT2D eigenvalue weighted by atomic mass is 32.1. The smallest absolute Gasteiger partial charge is 0.255 e. The normalized spacial score (nSPS) is 10.5. The Labute approximate surface area is 151 Å². The summed E-state index contributed by atoms with van der Waals surface area (Å²) in [7, 11) is 0. The summed E-state index contributed by atoms with van der Waals surface area (Å²) in [6.45, 7) is 4.73. The Morgan fingerprint density at radius 3 is 2.80 bits per heavy atom. The first-order valence-electron chi connectivity index (χ1n) is 8.24. The van der Waals surface area contributed by atoms with E-state index >= 15 is 0 Å². The minimum atomic E-state index is -0.113. The van der Waals surface area contributed by atoms with Gasteiger partial charge in [0, 0.05) is 23.3 Å². The van der Waals surface area contributed by atoms with E-state index in [0.717, 1.165) is 17.7 Å². The zero-order valence-electron chi connectivity index (χ0n) is 14.4. The van der Waals surface area contributed by atoms with E-state index in [1.165, 1.54) is 10.4 Å². The van der Waals surface area contributed by atoms with Crippen LogP contribution in [0.5, 0.6) is 0 Å². The molecule has 3 aromatic rings. The quantitative estimate of drug-likeness (QED) is 0.689. The van der Waals surface area contributed by atoms with Crippen LogP contribution in [0.1, 0.15) is 26.4 Å². The lowest BCUT2D eigenvalue weighted by Gasteiger charge is -2.14. The number of rotatable bonds is 6. The summed E-state index contributed by atoms with van der Waals surface area (Å²) >= 11 is 1.70. The van der Waals surface area contributed by atoms with Crippen molar-refractivity contribution in [1.29, 1.82) is 0 Å². The van der Waals surface area contributed by atoms with Crippen molar-refractivity contribution >= 4 is 28.7 Å². The van der Waals surface area contributed by atoms with E-state index in [0.29, 0.717) is 17.9 Å². The number of hydrogen-bond acceptors (Lipinski definition) is 4. The Kier molecular flexibility index (Phi) is 5.46. The van der Waals surface area contributed by atoms with Crippen LogP contribution in [0.15, 0.2) is 54.0 Å². The van der Waals surface area contributed by atoms with Crippen molar-refractivity contribution in [3.63, 3.8) is 0 Å². The van der Waals surface area contributed by atoms with Gasteiger partial charge in [-0.25, -0.2) is 4.98 Å². The number of aromatic nitrogens is 1. The molecule has 0 spiro atoms. The van der Waals surface area contributed by atoms with E-state index in [1.54, 1.807) is 29.7 Å². The molecule has 2 aromatic heterocycles. The highest BCUT2D eigenvalue weighted by Gasteiger charge is 2.13. The van der Waals surface area contributed by atoms with Crippen molar-refractivity contribution in [3.8, 4) is 0 Å². The second kappa shape index (κ2) is 7.94. The van der Waals surface area contributed by atoms with E-state index in [9.17, 15) is 4.79 Å². The molecule has 0 saturated carbocycles. The Morgan fingerprint density at radius 1 is 1.12 bits per heavy atom. The number of nitrogens with one attached hydrogen (secondary N) is 2. The third-order valence-electron chi connectivity index (χ3n) is 4.15. The number of thiophene rings is 1. The molecule has 0 aliphatic heterocycles. The molecule has 0 aliphatic rings. The largest absolute Gasteiger partial charge is 0.352 e. The fourth-order valence-corrected chi connectivity index (χ4v) is 3.26. The van der Waals surface area contributed by atoms with Crippen LogP contribution in [0, 0.1) is 13.8 Å². The van der Waals surface area contributed by atoms with E-state index in [-0.39, 0.29) is 5.91 Å². The number of nitrogens with zero attached hydrogens (tertiary/aromatic N) is 1. The summed E-state index contributed by atoms with van der Waals surface area (Å²) < 4.78 is 0. The van der Waals surface area contributed by atoms with Gasteiger partial charge in [-0.15, -0.1) is 11.3 Å². The van der Waals surface area contributed by atoms with Crippen LogP contribution >= 0.6 is 11.3 Å². The molecular weight excluding hydrogens is 330 g/mol. The second-order valence-corrected chi connectivity index (χ2v) is 6.89. The van der Waals surface area contributed by atoms with Crippen molar-refractivity contribution in [3.05, 3.63) is 75.6 Å². The lowest BCUT2D eigenvalue weighted by Crippen LogP contribution is -2.26. The molecule has 0 radical (unpaired) electrons. The van der Waals surface area contributed by atoms with Crippen LogP contribution in [0.3, 0.4) is 0 Å². The molecule has 1 aromatic carbocycles. The molecule has 5 heteroatoms. The highest BCUT2D eigenvalue weighted by Crippen LogP contribution is 2.23. The molecule has 0 aliphatic carbocycles. The van der Waals surface area contributed by atoms with E-state index in [1.807, 2.05) is 23.6 Å². The fraction of sp³-hybridized carbons (Fsp3) is 0.200. The minimum Gasteiger partial charge on any atom is -0.352 e. The Hall–Kier alpha value is -2.66. The van der Waals surface area contributed by atoms with E-state index < -0.39 is 0 Å². The predicted molar refractivity (Wildman–Crippen MR) is 104 cm³/mol. The van der Waals surface area contributed by atoms with Gasteiger partial charge in [0.05, 0.1) is 5.56 Å². The lowest BCUT2D eigenvalue weighted by atomic mass is 10.1. The molecule has 4 nitrogen and oxygen atoms in total. The zero-order chi connectivity index (χ0) is 17.6. The number of anilines is 2. The number of benzene rings is 1. The molecule has 0 saturated heterocycles. The molecule has 25 heavy (non-hydrogen) atoms. The Bertz CT molecular complexity index is 859. The van der Waals surface area contributed by atoms with Gasteiger partial charge in [0.25, 0.3) is 5.91 Å². The van der Waals surface area contributed by atoms with Gasteiger partial charge in [-0.3, -0.25) is 4.79 Å². The summed E-state index contributed by atoms with van der Waals surface area (Å²) in [6.07, 6.45) is 2.53. The summed E-state index contributed by atoms with van der Waals surface area (Å²) in [5, 5.41) is 8.32. The topological polar surface area (TPSA) is 54.0 Å². The maximum atomic E-state index is 12.5.